The van der Waals surface area contributed by atoms with Gasteiger partial charge in [-0.15, -0.1) is 0 Å². The Morgan fingerprint density at radius 2 is 2.12 bits per heavy atom. The van der Waals surface area contributed by atoms with E-state index >= 15 is 0 Å². The third kappa shape index (κ3) is 2.48. The summed E-state index contributed by atoms with van der Waals surface area (Å²) in [4.78, 5) is 0. The second-order valence-corrected chi connectivity index (χ2v) is 3.71. The zero-order chi connectivity index (χ0) is 12.1. The fourth-order valence-corrected chi connectivity index (χ4v) is 1.81. The van der Waals surface area contributed by atoms with Gasteiger partial charge in [0, 0.05) is 12.0 Å². The topological polar surface area (TPSA) is 46.2 Å². The fraction of sp³-hybridized carbons (Fsp3) is 0.214. The molecule has 17 heavy (non-hydrogen) atoms. The second kappa shape index (κ2) is 5.22. The first-order chi connectivity index (χ1) is 8.35. The fourth-order valence-electron chi connectivity index (χ4n) is 1.81. The number of benzene rings is 1. The Morgan fingerprint density at radius 3 is 2.76 bits per heavy atom. The molecule has 0 saturated carbocycles. The Hall–Kier alpha value is -2.21. The zero-order valence-corrected chi connectivity index (χ0v) is 9.59. The number of nitriles is 1. The van der Waals surface area contributed by atoms with Crippen LogP contribution in [0.2, 0.25) is 0 Å². The molecule has 0 aliphatic heterocycles. The van der Waals surface area contributed by atoms with E-state index in [1.54, 1.807) is 13.4 Å². The molecule has 2 rings (SSSR count). The van der Waals surface area contributed by atoms with Crippen LogP contribution in [0, 0.1) is 11.3 Å². The van der Waals surface area contributed by atoms with Crippen LogP contribution in [0.4, 0.5) is 0 Å². The van der Waals surface area contributed by atoms with Gasteiger partial charge in [0.2, 0.25) is 0 Å². The molecule has 1 aromatic heterocycles. The quantitative estimate of drug-likeness (QED) is 0.806. The van der Waals surface area contributed by atoms with Gasteiger partial charge in [0.25, 0.3) is 0 Å². The molecule has 86 valence electrons. The Kier molecular flexibility index (Phi) is 3.46. The van der Waals surface area contributed by atoms with Crippen LogP contribution in [-0.2, 0) is 6.42 Å². The maximum Gasteiger partial charge on any atom is 0.123 e. The van der Waals surface area contributed by atoms with Crippen LogP contribution in [0.5, 0.6) is 5.75 Å². The molecule has 1 aromatic carbocycles. The smallest absolute Gasteiger partial charge is 0.123 e. The lowest BCUT2D eigenvalue weighted by Gasteiger charge is -2.12. The predicted octanol–water partition coefficient (Wildman–Crippen LogP) is 3.14. The van der Waals surface area contributed by atoms with Crippen LogP contribution in [0.15, 0.2) is 47.1 Å². The van der Waals surface area contributed by atoms with Crippen molar-refractivity contribution in [1.82, 2.24) is 0 Å². The third-order valence-corrected chi connectivity index (χ3v) is 2.66. The highest BCUT2D eigenvalue weighted by Crippen LogP contribution is 2.28. The van der Waals surface area contributed by atoms with E-state index in [1.807, 2.05) is 36.4 Å². The number of para-hydroxylation sites is 1. The first kappa shape index (κ1) is 11.3. The zero-order valence-electron chi connectivity index (χ0n) is 9.59. The molecule has 1 atom stereocenters. The highest BCUT2D eigenvalue weighted by atomic mass is 16.5. The van der Waals surface area contributed by atoms with E-state index in [2.05, 4.69) is 6.07 Å². The maximum absolute atomic E-state index is 9.25. The number of furan rings is 1. The van der Waals surface area contributed by atoms with E-state index in [-0.39, 0.29) is 5.92 Å². The number of rotatable bonds is 4. The molecular weight excluding hydrogens is 214 g/mol. The summed E-state index contributed by atoms with van der Waals surface area (Å²) >= 11 is 0. The minimum Gasteiger partial charge on any atom is -0.496 e. The van der Waals surface area contributed by atoms with E-state index in [4.69, 9.17) is 9.15 Å². The van der Waals surface area contributed by atoms with Crippen molar-refractivity contribution in [3.05, 3.63) is 54.0 Å². The van der Waals surface area contributed by atoms with E-state index in [0.29, 0.717) is 6.42 Å². The summed E-state index contributed by atoms with van der Waals surface area (Å²) in [7, 11) is 1.61. The number of hydrogen-bond donors (Lipinski definition) is 0. The lowest BCUT2D eigenvalue weighted by molar-refractivity contribution is 0.406. The molecule has 0 bridgehead atoms. The minimum atomic E-state index is -0.253. The molecule has 0 spiro atoms. The number of hydrogen-bond acceptors (Lipinski definition) is 3. The summed E-state index contributed by atoms with van der Waals surface area (Å²) in [5, 5.41) is 9.25. The molecule has 3 heteroatoms. The van der Waals surface area contributed by atoms with Gasteiger partial charge in [0.05, 0.1) is 25.4 Å². The molecule has 3 nitrogen and oxygen atoms in total. The maximum atomic E-state index is 9.25. The first-order valence-corrected chi connectivity index (χ1v) is 5.40. The normalized spacial score (nSPS) is 11.8. The molecular formula is C14H13NO2. The summed E-state index contributed by atoms with van der Waals surface area (Å²) < 4.78 is 10.5. The Morgan fingerprint density at radius 1 is 1.29 bits per heavy atom. The lowest BCUT2D eigenvalue weighted by atomic mass is 9.95. The molecule has 0 saturated heterocycles. The molecule has 1 heterocycles. The molecule has 0 aliphatic carbocycles. The highest BCUT2D eigenvalue weighted by molar-refractivity contribution is 5.39. The van der Waals surface area contributed by atoms with Crippen LogP contribution in [0.3, 0.4) is 0 Å². The van der Waals surface area contributed by atoms with Crippen molar-refractivity contribution in [2.75, 3.05) is 7.11 Å². The molecule has 0 radical (unpaired) electrons. The van der Waals surface area contributed by atoms with Gasteiger partial charge in [-0.2, -0.15) is 5.26 Å². The van der Waals surface area contributed by atoms with Crippen molar-refractivity contribution in [1.29, 1.82) is 5.26 Å². The average molecular weight is 227 g/mol. The van der Waals surface area contributed by atoms with Crippen molar-refractivity contribution in [3.63, 3.8) is 0 Å². The highest BCUT2D eigenvalue weighted by Gasteiger charge is 2.16. The van der Waals surface area contributed by atoms with Gasteiger partial charge in [-0.1, -0.05) is 18.2 Å². The Labute approximate surface area is 100 Å². The van der Waals surface area contributed by atoms with Gasteiger partial charge in [-0.25, -0.2) is 0 Å². The van der Waals surface area contributed by atoms with E-state index in [0.717, 1.165) is 17.1 Å². The van der Waals surface area contributed by atoms with Crippen molar-refractivity contribution in [2.24, 2.45) is 0 Å². The van der Waals surface area contributed by atoms with Crippen molar-refractivity contribution in [3.8, 4) is 11.8 Å². The van der Waals surface area contributed by atoms with E-state index in [9.17, 15) is 5.26 Å². The molecule has 0 fully saturated rings. The van der Waals surface area contributed by atoms with Gasteiger partial charge in [-0.05, 0) is 18.2 Å². The summed E-state index contributed by atoms with van der Waals surface area (Å²) in [6, 6.07) is 13.6. The second-order valence-electron chi connectivity index (χ2n) is 3.71. The van der Waals surface area contributed by atoms with E-state index in [1.165, 1.54) is 0 Å². The Balaban J connectivity index is 2.26. The third-order valence-electron chi connectivity index (χ3n) is 2.66. The molecule has 1 unspecified atom stereocenters. The summed E-state index contributed by atoms with van der Waals surface area (Å²) in [5.41, 5.74) is 0.897. The average Bonchev–Trinajstić information content (AvgIpc) is 2.89. The van der Waals surface area contributed by atoms with Gasteiger partial charge >= 0.3 is 0 Å². The largest absolute Gasteiger partial charge is 0.496 e. The van der Waals surface area contributed by atoms with Crippen molar-refractivity contribution < 1.29 is 9.15 Å². The molecule has 0 amide bonds. The van der Waals surface area contributed by atoms with Crippen LogP contribution < -0.4 is 4.74 Å². The number of nitrogens with zero attached hydrogens (tertiary/aromatic N) is 1. The minimum absolute atomic E-state index is 0.253. The molecule has 2 aromatic rings. The van der Waals surface area contributed by atoms with Gasteiger partial charge < -0.3 is 9.15 Å². The van der Waals surface area contributed by atoms with Crippen LogP contribution >= 0.6 is 0 Å². The summed E-state index contributed by atoms with van der Waals surface area (Å²) in [6.45, 7) is 0. The molecule has 0 aliphatic rings. The van der Waals surface area contributed by atoms with Crippen molar-refractivity contribution >= 4 is 0 Å². The first-order valence-electron chi connectivity index (χ1n) is 5.40. The summed E-state index contributed by atoms with van der Waals surface area (Å²) in [5.74, 6) is 1.30. The van der Waals surface area contributed by atoms with Crippen LogP contribution in [-0.4, -0.2) is 7.11 Å². The van der Waals surface area contributed by atoms with Crippen LogP contribution in [0.25, 0.3) is 0 Å². The predicted molar refractivity (Wildman–Crippen MR) is 63.8 cm³/mol. The summed E-state index contributed by atoms with van der Waals surface area (Å²) in [6.07, 6.45) is 2.18. The number of methoxy groups -OCH3 is 1. The van der Waals surface area contributed by atoms with Gasteiger partial charge in [0.15, 0.2) is 0 Å². The Bertz CT molecular complexity index is 511. The molecule has 0 N–H and O–H groups in total. The SMILES string of the molecule is COc1ccccc1C(C#N)Cc1ccco1. The van der Waals surface area contributed by atoms with Gasteiger partial charge in [-0.3, -0.25) is 0 Å². The monoisotopic (exact) mass is 227 g/mol. The van der Waals surface area contributed by atoms with Gasteiger partial charge in [0.1, 0.15) is 11.5 Å². The van der Waals surface area contributed by atoms with Crippen LogP contribution in [0.1, 0.15) is 17.2 Å². The van der Waals surface area contributed by atoms with E-state index < -0.39 is 0 Å². The van der Waals surface area contributed by atoms with Crippen molar-refractivity contribution in [2.45, 2.75) is 12.3 Å². The standard InChI is InChI=1S/C14H13NO2/c1-16-14-7-3-2-6-13(14)11(10-15)9-12-5-4-8-17-12/h2-8,11H,9H2,1H3. The number of ether oxygens (including phenoxy) is 1. The lowest BCUT2D eigenvalue weighted by Crippen LogP contribution is -2.02.